The maximum absolute atomic E-state index is 13.4. The highest BCUT2D eigenvalue weighted by Crippen LogP contribution is 2.26. The van der Waals surface area contributed by atoms with Gasteiger partial charge in [-0.25, -0.2) is 13.2 Å². The van der Waals surface area contributed by atoms with Crippen molar-refractivity contribution >= 4 is 16.6 Å². The molecule has 5 aromatic rings. The molecule has 0 radical (unpaired) electrons. The minimum Gasteiger partial charge on any atom is -0.477 e. The summed E-state index contributed by atoms with van der Waals surface area (Å²) in [5.41, 5.74) is 3.18. The van der Waals surface area contributed by atoms with Crippen LogP contribution in [0.5, 0.6) is 5.88 Å². The van der Waals surface area contributed by atoms with Crippen LogP contribution in [0.1, 0.15) is 5.56 Å². The molecule has 0 aliphatic heterocycles. The number of halogens is 2. The van der Waals surface area contributed by atoms with E-state index in [1.807, 2.05) is 29.9 Å². The lowest BCUT2D eigenvalue weighted by Gasteiger charge is -2.10. The van der Waals surface area contributed by atoms with E-state index in [1.54, 1.807) is 22.9 Å². The summed E-state index contributed by atoms with van der Waals surface area (Å²) >= 11 is 0. The van der Waals surface area contributed by atoms with Crippen LogP contribution in [0.3, 0.4) is 0 Å². The molecule has 0 aliphatic carbocycles. The lowest BCUT2D eigenvalue weighted by atomic mass is 10.1. The molecular formula is C22H17F2N5O. The van der Waals surface area contributed by atoms with Crippen LogP contribution in [0, 0.1) is 11.6 Å². The fraction of sp³-hybridized carbons (Fsp3) is 0.136. The van der Waals surface area contributed by atoms with Crippen LogP contribution >= 0.6 is 0 Å². The van der Waals surface area contributed by atoms with Gasteiger partial charge in [-0.15, -0.1) is 10.2 Å². The molecular weight excluding hydrogens is 388 g/mol. The number of hydrogen-bond acceptors (Lipinski definition) is 4. The predicted molar refractivity (Wildman–Crippen MR) is 108 cm³/mol. The van der Waals surface area contributed by atoms with Crippen molar-refractivity contribution in [3.63, 3.8) is 0 Å². The molecule has 0 amide bonds. The summed E-state index contributed by atoms with van der Waals surface area (Å²) in [6.45, 7) is 0.264. The summed E-state index contributed by atoms with van der Waals surface area (Å²) in [6, 6.07) is 12.0. The molecule has 0 saturated carbocycles. The standard InChI is InChI=1S/C22H17F2N5O/c1-28-8-6-15-3-4-16(11-19(15)28)22-27-26-20-12-25-13-21(29(20)22)30-9-7-14-2-5-17(23)18(24)10-14/h2-6,8,10-13H,7,9H2,1H3. The zero-order valence-corrected chi connectivity index (χ0v) is 16.1. The zero-order chi connectivity index (χ0) is 20.7. The molecule has 0 fully saturated rings. The maximum atomic E-state index is 13.4. The fourth-order valence-electron chi connectivity index (χ4n) is 3.48. The first-order valence-corrected chi connectivity index (χ1v) is 9.41. The van der Waals surface area contributed by atoms with Gasteiger partial charge in [0.15, 0.2) is 23.1 Å². The van der Waals surface area contributed by atoms with Crippen LogP contribution in [-0.4, -0.2) is 30.8 Å². The van der Waals surface area contributed by atoms with E-state index in [9.17, 15) is 8.78 Å². The van der Waals surface area contributed by atoms with Crippen molar-refractivity contribution in [1.82, 2.24) is 24.1 Å². The molecule has 5 rings (SSSR count). The first-order valence-electron chi connectivity index (χ1n) is 9.41. The summed E-state index contributed by atoms with van der Waals surface area (Å²) in [4.78, 5) is 4.16. The number of rotatable bonds is 5. The molecule has 0 spiro atoms. The van der Waals surface area contributed by atoms with E-state index in [0.29, 0.717) is 29.3 Å². The zero-order valence-electron chi connectivity index (χ0n) is 16.1. The smallest absolute Gasteiger partial charge is 0.220 e. The van der Waals surface area contributed by atoms with Gasteiger partial charge < -0.3 is 9.30 Å². The van der Waals surface area contributed by atoms with Gasteiger partial charge in [0.05, 0.1) is 19.0 Å². The molecule has 2 aromatic carbocycles. The van der Waals surface area contributed by atoms with E-state index < -0.39 is 11.6 Å². The second kappa shape index (κ2) is 7.22. The van der Waals surface area contributed by atoms with Crippen molar-refractivity contribution in [3.8, 4) is 17.3 Å². The largest absolute Gasteiger partial charge is 0.477 e. The molecule has 0 atom stereocenters. The maximum Gasteiger partial charge on any atom is 0.220 e. The first-order chi connectivity index (χ1) is 14.6. The van der Waals surface area contributed by atoms with Gasteiger partial charge in [-0.3, -0.25) is 4.98 Å². The molecule has 3 aromatic heterocycles. The van der Waals surface area contributed by atoms with Gasteiger partial charge in [0.1, 0.15) is 0 Å². The second-order valence-corrected chi connectivity index (χ2v) is 7.01. The van der Waals surface area contributed by atoms with Crippen molar-refractivity contribution in [2.45, 2.75) is 6.42 Å². The average molecular weight is 405 g/mol. The van der Waals surface area contributed by atoms with E-state index in [2.05, 4.69) is 27.3 Å². The SMILES string of the molecule is Cn1ccc2ccc(-c3nnc4cncc(OCCc5ccc(F)c(F)c5)n34)cc21. The van der Waals surface area contributed by atoms with Gasteiger partial charge in [0.25, 0.3) is 0 Å². The van der Waals surface area contributed by atoms with E-state index in [1.165, 1.54) is 6.07 Å². The van der Waals surface area contributed by atoms with Gasteiger partial charge in [-0.05, 0) is 35.2 Å². The van der Waals surface area contributed by atoms with Crippen LogP contribution in [0.4, 0.5) is 8.78 Å². The highest BCUT2D eigenvalue weighted by atomic mass is 19.2. The number of fused-ring (bicyclic) bond motifs is 2. The number of benzene rings is 2. The molecule has 0 bridgehead atoms. The predicted octanol–water partition coefficient (Wildman–Crippen LogP) is 4.18. The van der Waals surface area contributed by atoms with Gasteiger partial charge in [-0.1, -0.05) is 18.2 Å². The average Bonchev–Trinajstić information content (AvgIpc) is 3.35. The molecule has 3 heterocycles. The van der Waals surface area contributed by atoms with Gasteiger partial charge in [-0.2, -0.15) is 0 Å². The fourth-order valence-corrected chi connectivity index (χ4v) is 3.48. The van der Waals surface area contributed by atoms with E-state index >= 15 is 0 Å². The normalized spacial score (nSPS) is 11.4. The third-order valence-corrected chi connectivity index (χ3v) is 5.05. The number of hydrogen-bond donors (Lipinski definition) is 0. The number of ether oxygens (including phenoxy) is 1. The molecule has 6 nitrogen and oxygen atoms in total. The van der Waals surface area contributed by atoms with E-state index in [-0.39, 0.29) is 6.61 Å². The third kappa shape index (κ3) is 3.16. The molecule has 150 valence electrons. The Bertz CT molecular complexity index is 1380. The van der Waals surface area contributed by atoms with Crippen molar-refractivity contribution < 1.29 is 13.5 Å². The Morgan fingerprint density at radius 1 is 0.967 bits per heavy atom. The van der Waals surface area contributed by atoms with Gasteiger partial charge in [0.2, 0.25) is 5.88 Å². The summed E-state index contributed by atoms with van der Waals surface area (Å²) in [7, 11) is 1.99. The number of nitrogens with zero attached hydrogens (tertiary/aromatic N) is 5. The van der Waals surface area contributed by atoms with Crippen LogP contribution in [0.2, 0.25) is 0 Å². The molecule has 0 unspecified atom stereocenters. The Balaban J connectivity index is 1.46. The summed E-state index contributed by atoms with van der Waals surface area (Å²) in [6.07, 6.45) is 5.62. The van der Waals surface area contributed by atoms with Crippen LogP contribution in [-0.2, 0) is 13.5 Å². The Morgan fingerprint density at radius 2 is 1.87 bits per heavy atom. The van der Waals surface area contributed by atoms with Crippen LogP contribution < -0.4 is 4.74 Å². The van der Waals surface area contributed by atoms with Crippen molar-refractivity contribution in [2.24, 2.45) is 7.05 Å². The van der Waals surface area contributed by atoms with Crippen LogP contribution in [0.25, 0.3) is 27.9 Å². The molecule has 0 aliphatic rings. The van der Waals surface area contributed by atoms with Crippen molar-refractivity contribution in [3.05, 3.63) is 78.3 Å². The van der Waals surface area contributed by atoms with Crippen molar-refractivity contribution in [1.29, 1.82) is 0 Å². The number of aryl methyl sites for hydroxylation is 1. The highest BCUT2D eigenvalue weighted by Gasteiger charge is 2.14. The minimum absolute atomic E-state index is 0.264. The Labute approximate surface area is 170 Å². The third-order valence-electron chi connectivity index (χ3n) is 5.05. The highest BCUT2D eigenvalue weighted by molar-refractivity contribution is 5.84. The topological polar surface area (TPSA) is 57.2 Å². The van der Waals surface area contributed by atoms with Crippen molar-refractivity contribution in [2.75, 3.05) is 6.61 Å². The lowest BCUT2D eigenvalue weighted by molar-refractivity contribution is 0.304. The molecule has 0 N–H and O–H groups in total. The summed E-state index contributed by atoms with van der Waals surface area (Å²) in [5.74, 6) is -0.619. The molecule has 30 heavy (non-hydrogen) atoms. The summed E-state index contributed by atoms with van der Waals surface area (Å²) in [5, 5.41) is 9.67. The Morgan fingerprint density at radius 3 is 2.73 bits per heavy atom. The molecule has 0 saturated heterocycles. The molecule has 8 heteroatoms. The Kier molecular flexibility index (Phi) is 4.39. The van der Waals surface area contributed by atoms with Gasteiger partial charge >= 0.3 is 0 Å². The first kappa shape index (κ1) is 18.2. The van der Waals surface area contributed by atoms with E-state index in [4.69, 9.17) is 4.74 Å². The van der Waals surface area contributed by atoms with Gasteiger partial charge in [0, 0.05) is 30.7 Å². The number of aromatic nitrogens is 5. The summed E-state index contributed by atoms with van der Waals surface area (Å²) < 4.78 is 36.3. The quantitative estimate of drug-likeness (QED) is 0.440. The monoisotopic (exact) mass is 405 g/mol. The van der Waals surface area contributed by atoms with Crippen LogP contribution in [0.15, 0.2) is 61.1 Å². The second-order valence-electron chi connectivity index (χ2n) is 7.01. The Hall–Kier alpha value is -3.81. The lowest BCUT2D eigenvalue weighted by Crippen LogP contribution is -2.06. The minimum atomic E-state index is -0.867. The van der Waals surface area contributed by atoms with E-state index in [0.717, 1.165) is 22.5 Å².